The van der Waals surface area contributed by atoms with Crippen LogP contribution in [0.5, 0.6) is 0 Å². The van der Waals surface area contributed by atoms with E-state index < -0.39 is 8.56 Å². The molecule has 0 saturated carbocycles. The van der Waals surface area contributed by atoms with Gasteiger partial charge in [-0.05, 0) is 32.9 Å². The van der Waals surface area contributed by atoms with E-state index in [1.165, 1.54) is 17.9 Å². The van der Waals surface area contributed by atoms with Crippen molar-refractivity contribution in [2.24, 2.45) is 0 Å². The second kappa shape index (κ2) is 9.60. The maximum Gasteiger partial charge on any atom is 0.335 e. The summed E-state index contributed by atoms with van der Waals surface area (Å²) in [4.78, 5) is 1.49. The van der Waals surface area contributed by atoms with E-state index in [9.17, 15) is 0 Å². The van der Waals surface area contributed by atoms with E-state index in [4.69, 9.17) is 8.85 Å². The van der Waals surface area contributed by atoms with Crippen molar-refractivity contribution in [3.63, 3.8) is 0 Å². The number of rotatable bonds is 8. The van der Waals surface area contributed by atoms with Crippen LogP contribution in [0.4, 0.5) is 0 Å². The normalized spacial score (nSPS) is 11.6. The van der Waals surface area contributed by atoms with Gasteiger partial charge in [0.1, 0.15) is 0 Å². The molecular formula is C10H26ClNO2Si. The molecule has 3 nitrogen and oxygen atoms in total. The van der Waals surface area contributed by atoms with Gasteiger partial charge in [0, 0.05) is 13.2 Å². The Morgan fingerprint density at radius 2 is 1.53 bits per heavy atom. The van der Waals surface area contributed by atoms with Crippen molar-refractivity contribution in [1.82, 2.24) is 0 Å². The molecule has 0 aliphatic carbocycles. The maximum atomic E-state index is 5.76. The molecule has 0 aliphatic rings. The minimum absolute atomic E-state index is 0. The Labute approximate surface area is 102 Å². The minimum Gasteiger partial charge on any atom is -1.00 e. The minimum atomic E-state index is -1.83. The van der Waals surface area contributed by atoms with Crippen LogP contribution in [-0.4, -0.2) is 42.4 Å². The van der Waals surface area contributed by atoms with Crippen LogP contribution in [0.1, 0.15) is 20.3 Å². The maximum absolute atomic E-state index is 5.76. The van der Waals surface area contributed by atoms with E-state index in [1.54, 1.807) is 0 Å². The standard InChI is InChI=1S/C10H25NO2Si.ClH/c1-6-12-14(5,13-7-2)10-8-9-11(3)4;/h6-10H2,1-5H3;1H. The Hall–Kier alpha value is 0.387. The van der Waals surface area contributed by atoms with Crippen molar-refractivity contribution in [3.8, 4) is 0 Å². The van der Waals surface area contributed by atoms with E-state index in [0.717, 1.165) is 19.3 Å². The van der Waals surface area contributed by atoms with Gasteiger partial charge in [-0.3, -0.25) is 0 Å². The highest BCUT2D eigenvalue weighted by Crippen LogP contribution is 2.14. The van der Waals surface area contributed by atoms with E-state index in [0.29, 0.717) is 0 Å². The summed E-state index contributed by atoms with van der Waals surface area (Å²) in [6.07, 6.45) is 1.20. The number of quaternary nitrogens is 1. The van der Waals surface area contributed by atoms with Crippen molar-refractivity contribution in [1.29, 1.82) is 0 Å². The summed E-state index contributed by atoms with van der Waals surface area (Å²) in [7, 11) is 2.53. The molecule has 0 fully saturated rings. The Morgan fingerprint density at radius 1 is 1.07 bits per heavy atom. The van der Waals surface area contributed by atoms with Gasteiger partial charge in [-0.1, -0.05) is 0 Å². The van der Waals surface area contributed by atoms with Gasteiger partial charge in [0.25, 0.3) is 0 Å². The molecule has 0 aromatic rings. The molecule has 0 saturated heterocycles. The molecule has 0 unspecified atom stereocenters. The van der Waals surface area contributed by atoms with Gasteiger partial charge in [-0.15, -0.1) is 0 Å². The molecule has 0 aromatic carbocycles. The lowest BCUT2D eigenvalue weighted by molar-refractivity contribution is -0.858. The highest BCUT2D eigenvalue weighted by molar-refractivity contribution is 6.66. The first-order valence-corrected chi connectivity index (χ1v) is 8.13. The zero-order chi connectivity index (χ0) is 11.0. The van der Waals surface area contributed by atoms with Crippen LogP contribution in [0.25, 0.3) is 0 Å². The molecule has 0 aromatic heterocycles. The summed E-state index contributed by atoms with van der Waals surface area (Å²) in [5, 5.41) is 0. The van der Waals surface area contributed by atoms with Crippen molar-refractivity contribution in [2.75, 3.05) is 33.9 Å². The molecule has 5 heteroatoms. The summed E-state index contributed by atoms with van der Waals surface area (Å²) >= 11 is 0. The number of nitrogens with one attached hydrogen (secondary N) is 1. The number of hydrogen-bond acceptors (Lipinski definition) is 2. The fraction of sp³-hybridized carbons (Fsp3) is 1.00. The number of hydrogen-bond donors (Lipinski definition) is 1. The fourth-order valence-electron chi connectivity index (χ4n) is 1.56. The monoisotopic (exact) mass is 255 g/mol. The van der Waals surface area contributed by atoms with Crippen molar-refractivity contribution in [2.45, 2.75) is 32.9 Å². The fourth-order valence-corrected chi connectivity index (χ4v) is 3.97. The average molecular weight is 256 g/mol. The Balaban J connectivity index is 0. The molecule has 0 heterocycles. The molecule has 94 valence electrons. The lowest BCUT2D eigenvalue weighted by Gasteiger charge is -2.25. The van der Waals surface area contributed by atoms with Crippen LogP contribution in [0.3, 0.4) is 0 Å². The highest BCUT2D eigenvalue weighted by Gasteiger charge is 2.30. The first kappa shape index (κ1) is 17.8. The van der Waals surface area contributed by atoms with E-state index in [1.807, 2.05) is 13.8 Å². The SMILES string of the molecule is CCO[Si](C)(CCC[NH+](C)C)OCC.[Cl-]. The molecule has 1 N–H and O–H groups in total. The zero-order valence-electron chi connectivity index (χ0n) is 10.7. The van der Waals surface area contributed by atoms with Crippen molar-refractivity contribution < 1.29 is 26.2 Å². The average Bonchev–Trinajstić information content (AvgIpc) is 2.03. The van der Waals surface area contributed by atoms with Crippen LogP contribution in [0, 0.1) is 0 Å². The van der Waals surface area contributed by atoms with Crippen LogP contribution in [-0.2, 0) is 8.85 Å². The predicted octanol–water partition coefficient (Wildman–Crippen LogP) is -2.33. The summed E-state index contributed by atoms with van der Waals surface area (Å²) in [5.74, 6) is 0. The van der Waals surface area contributed by atoms with Crippen LogP contribution < -0.4 is 17.3 Å². The van der Waals surface area contributed by atoms with E-state index in [2.05, 4.69) is 20.6 Å². The quantitative estimate of drug-likeness (QED) is 0.492. The third-order valence-electron chi connectivity index (χ3n) is 2.21. The van der Waals surface area contributed by atoms with Gasteiger partial charge in [-0.25, -0.2) is 0 Å². The van der Waals surface area contributed by atoms with Crippen molar-refractivity contribution >= 4 is 8.56 Å². The lowest BCUT2D eigenvalue weighted by atomic mass is 10.5. The highest BCUT2D eigenvalue weighted by atomic mass is 35.5. The van der Waals surface area contributed by atoms with Crippen molar-refractivity contribution in [3.05, 3.63) is 0 Å². The molecular weight excluding hydrogens is 230 g/mol. The van der Waals surface area contributed by atoms with Gasteiger partial charge in [0.05, 0.1) is 20.6 Å². The summed E-state index contributed by atoms with van der Waals surface area (Å²) in [5.41, 5.74) is 0. The summed E-state index contributed by atoms with van der Waals surface area (Å²) in [6.45, 7) is 9.01. The van der Waals surface area contributed by atoms with Crippen LogP contribution in [0.15, 0.2) is 0 Å². The Bertz CT molecular complexity index is 141. The predicted molar refractivity (Wildman–Crippen MR) is 62.0 cm³/mol. The molecule has 0 atom stereocenters. The molecule has 0 bridgehead atoms. The third kappa shape index (κ3) is 9.32. The first-order chi connectivity index (χ1) is 6.54. The Morgan fingerprint density at radius 3 is 1.87 bits per heavy atom. The van der Waals surface area contributed by atoms with Gasteiger partial charge in [0.15, 0.2) is 0 Å². The molecule has 0 rings (SSSR count). The Kier molecular flexibility index (Phi) is 11.4. The summed E-state index contributed by atoms with van der Waals surface area (Å²) in [6, 6.07) is 1.11. The van der Waals surface area contributed by atoms with E-state index >= 15 is 0 Å². The molecule has 15 heavy (non-hydrogen) atoms. The van der Waals surface area contributed by atoms with Gasteiger partial charge < -0.3 is 26.2 Å². The molecule has 0 aliphatic heterocycles. The number of halogens is 1. The second-order valence-corrected chi connectivity index (χ2v) is 7.41. The smallest absolute Gasteiger partial charge is 0.335 e. The van der Waals surface area contributed by atoms with E-state index in [-0.39, 0.29) is 12.4 Å². The summed E-state index contributed by atoms with van der Waals surface area (Å²) < 4.78 is 11.5. The van der Waals surface area contributed by atoms with Gasteiger partial charge >= 0.3 is 8.56 Å². The first-order valence-electron chi connectivity index (χ1n) is 5.61. The van der Waals surface area contributed by atoms with Gasteiger partial charge in [0.2, 0.25) is 0 Å². The molecule has 0 radical (unpaired) electrons. The third-order valence-corrected chi connectivity index (χ3v) is 5.27. The lowest BCUT2D eigenvalue weighted by Crippen LogP contribution is -3.05. The largest absolute Gasteiger partial charge is 1.00 e. The van der Waals surface area contributed by atoms with Crippen LogP contribution >= 0.6 is 0 Å². The van der Waals surface area contributed by atoms with Gasteiger partial charge in [-0.2, -0.15) is 0 Å². The zero-order valence-corrected chi connectivity index (χ0v) is 12.5. The van der Waals surface area contributed by atoms with Crippen LogP contribution in [0.2, 0.25) is 12.6 Å². The second-order valence-electron chi connectivity index (χ2n) is 4.06. The topological polar surface area (TPSA) is 22.9 Å². The molecule has 0 amide bonds. The molecule has 0 spiro atoms.